The number of nitrogens with two attached hydrogens (primary N) is 1. The van der Waals surface area contributed by atoms with Gasteiger partial charge in [-0.25, -0.2) is 0 Å². The molecule has 0 spiro atoms. The standard InChI is InChI=1S/C12H15IN2OS/c1-8(6-11(14)17)15(2)12(16)9-4-3-5-10(13)7-9/h3-5,7-8H,6H2,1-2H3,(H2,14,17). The number of hydrogen-bond donors (Lipinski definition) is 1. The fraction of sp³-hybridized carbons (Fsp3) is 0.333. The first-order chi connectivity index (χ1) is 7.91. The summed E-state index contributed by atoms with van der Waals surface area (Å²) in [4.78, 5) is 14.3. The highest BCUT2D eigenvalue weighted by Crippen LogP contribution is 2.12. The van der Waals surface area contributed by atoms with Crippen LogP contribution in [-0.4, -0.2) is 28.9 Å². The van der Waals surface area contributed by atoms with Crippen LogP contribution in [0, 0.1) is 3.57 Å². The lowest BCUT2D eigenvalue weighted by Gasteiger charge is -2.24. The SMILES string of the molecule is CC(CC(N)=S)N(C)C(=O)c1cccc(I)c1. The second-order valence-corrected chi connectivity index (χ2v) is 5.72. The molecule has 0 radical (unpaired) electrons. The third-order valence-electron chi connectivity index (χ3n) is 2.55. The number of benzene rings is 1. The van der Waals surface area contributed by atoms with Gasteiger partial charge in [-0.15, -0.1) is 0 Å². The van der Waals surface area contributed by atoms with Crippen LogP contribution in [-0.2, 0) is 0 Å². The summed E-state index contributed by atoms with van der Waals surface area (Å²) in [5.41, 5.74) is 6.18. The third-order valence-corrected chi connectivity index (χ3v) is 3.39. The van der Waals surface area contributed by atoms with Crippen molar-refractivity contribution in [3.8, 4) is 0 Å². The lowest BCUT2D eigenvalue weighted by atomic mass is 10.1. The van der Waals surface area contributed by atoms with E-state index in [2.05, 4.69) is 22.6 Å². The van der Waals surface area contributed by atoms with Crippen LogP contribution in [0.4, 0.5) is 0 Å². The predicted octanol–water partition coefficient (Wildman–Crippen LogP) is 2.43. The molecule has 0 aromatic heterocycles. The molecular weight excluding hydrogens is 347 g/mol. The molecule has 17 heavy (non-hydrogen) atoms. The maximum absolute atomic E-state index is 12.2. The second kappa shape index (κ2) is 6.30. The van der Waals surface area contributed by atoms with Crippen molar-refractivity contribution in [1.29, 1.82) is 0 Å². The first-order valence-corrected chi connectivity index (χ1v) is 6.71. The number of carbonyl (C=O) groups excluding carboxylic acids is 1. The monoisotopic (exact) mass is 362 g/mol. The summed E-state index contributed by atoms with van der Waals surface area (Å²) in [6, 6.07) is 7.52. The van der Waals surface area contributed by atoms with Crippen molar-refractivity contribution in [3.63, 3.8) is 0 Å². The smallest absolute Gasteiger partial charge is 0.253 e. The largest absolute Gasteiger partial charge is 0.393 e. The Hall–Kier alpha value is -0.690. The normalized spacial score (nSPS) is 11.9. The highest BCUT2D eigenvalue weighted by atomic mass is 127. The molecule has 92 valence electrons. The fourth-order valence-corrected chi connectivity index (χ4v) is 2.24. The molecule has 0 bridgehead atoms. The minimum absolute atomic E-state index is 0.00716. The molecule has 0 fully saturated rings. The molecule has 0 aliphatic heterocycles. The van der Waals surface area contributed by atoms with Gasteiger partial charge >= 0.3 is 0 Å². The molecule has 1 rings (SSSR count). The van der Waals surface area contributed by atoms with E-state index in [0.29, 0.717) is 17.0 Å². The van der Waals surface area contributed by atoms with Gasteiger partial charge in [0, 0.05) is 28.6 Å². The predicted molar refractivity (Wildman–Crippen MR) is 82.1 cm³/mol. The van der Waals surface area contributed by atoms with Gasteiger partial charge in [0.1, 0.15) is 0 Å². The van der Waals surface area contributed by atoms with E-state index >= 15 is 0 Å². The van der Waals surface area contributed by atoms with Gasteiger partial charge in [0.15, 0.2) is 0 Å². The summed E-state index contributed by atoms with van der Waals surface area (Å²) >= 11 is 7.04. The molecule has 1 aromatic carbocycles. The summed E-state index contributed by atoms with van der Waals surface area (Å²) in [6.45, 7) is 1.94. The van der Waals surface area contributed by atoms with E-state index in [4.69, 9.17) is 18.0 Å². The highest BCUT2D eigenvalue weighted by molar-refractivity contribution is 14.1. The van der Waals surface area contributed by atoms with Gasteiger partial charge in [0.2, 0.25) is 0 Å². The molecule has 0 saturated carbocycles. The van der Waals surface area contributed by atoms with Crippen molar-refractivity contribution in [2.75, 3.05) is 7.05 Å². The first-order valence-electron chi connectivity index (χ1n) is 5.23. The van der Waals surface area contributed by atoms with Crippen LogP contribution < -0.4 is 5.73 Å². The van der Waals surface area contributed by atoms with E-state index in [9.17, 15) is 4.79 Å². The molecule has 5 heteroatoms. The Morgan fingerprint density at radius 3 is 2.76 bits per heavy atom. The average molecular weight is 362 g/mol. The van der Waals surface area contributed by atoms with Gasteiger partial charge in [-0.2, -0.15) is 0 Å². The Kier molecular flexibility index (Phi) is 5.32. The fourth-order valence-electron chi connectivity index (χ4n) is 1.45. The highest BCUT2D eigenvalue weighted by Gasteiger charge is 2.17. The van der Waals surface area contributed by atoms with Crippen molar-refractivity contribution in [2.45, 2.75) is 19.4 Å². The van der Waals surface area contributed by atoms with Crippen LogP contribution in [0.5, 0.6) is 0 Å². The molecule has 3 nitrogen and oxygen atoms in total. The zero-order valence-electron chi connectivity index (χ0n) is 9.81. The number of halogens is 1. The van der Waals surface area contributed by atoms with Gasteiger partial charge in [0.25, 0.3) is 5.91 Å². The van der Waals surface area contributed by atoms with Crippen molar-refractivity contribution in [2.24, 2.45) is 5.73 Å². The van der Waals surface area contributed by atoms with E-state index in [1.54, 1.807) is 11.9 Å². The van der Waals surface area contributed by atoms with Gasteiger partial charge in [-0.05, 0) is 47.7 Å². The second-order valence-electron chi connectivity index (χ2n) is 3.95. The molecule has 0 aliphatic rings. The maximum atomic E-state index is 12.2. The van der Waals surface area contributed by atoms with E-state index in [0.717, 1.165) is 3.57 Å². The zero-order chi connectivity index (χ0) is 13.0. The topological polar surface area (TPSA) is 46.3 Å². The molecular formula is C12H15IN2OS. The number of nitrogens with zero attached hydrogens (tertiary/aromatic N) is 1. The van der Waals surface area contributed by atoms with Crippen LogP contribution in [0.25, 0.3) is 0 Å². The molecule has 1 aromatic rings. The number of rotatable bonds is 4. The molecule has 1 atom stereocenters. The van der Waals surface area contributed by atoms with Crippen LogP contribution in [0.2, 0.25) is 0 Å². The maximum Gasteiger partial charge on any atom is 0.253 e. The zero-order valence-corrected chi connectivity index (χ0v) is 12.8. The van der Waals surface area contributed by atoms with Gasteiger partial charge < -0.3 is 10.6 Å². The Balaban J connectivity index is 2.79. The summed E-state index contributed by atoms with van der Waals surface area (Å²) < 4.78 is 1.05. The summed E-state index contributed by atoms with van der Waals surface area (Å²) in [5, 5.41) is 0. The number of amides is 1. The molecule has 0 heterocycles. The van der Waals surface area contributed by atoms with Crippen molar-refractivity contribution in [3.05, 3.63) is 33.4 Å². The Morgan fingerprint density at radius 2 is 2.24 bits per heavy atom. The molecule has 0 saturated heterocycles. The lowest BCUT2D eigenvalue weighted by Crippen LogP contribution is -2.37. The van der Waals surface area contributed by atoms with E-state index < -0.39 is 0 Å². The molecule has 0 aliphatic carbocycles. The van der Waals surface area contributed by atoms with Crippen LogP contribution >= 0.6 is 34.8 Å². The summed E-state index contributed by atoms with van der Waals surface area (Å²) in [6.07, 6.45) is 0.543. The van der Waals surface area contributed by atoms with Gasteiger partial charge in [0.05, 0.1) is 4.99 Å². The van der Waals surface area contributed by atoms with Gasteiger partial charge in [-0.1, -0.05) is 18.3 Å². The average Bonchev–Trinajstić information content (AvgIpc) is 2.26. The van der Waals surface area contributed by atoms with E-state index in [-0.39, 0.29) is 11.9 Å². The van der Waals surface area contributed by atoms with Crippen molar-refractivity contribution < 1.29 is 4.79 Å². The van der Waals surface area contributed by atoms with Crippen LogP contribution in [0.1, 0.15) is 23.7 Å². The molecule has 2 N–H and O–H groups in total. The van der Waals surface area contributed by atoms with E-state index in [1.807, 2.05) is 31.2 Å². The number of thiocarbonyl (C=S) groups is 1. The quantitative estimate of drug-likeness (QED) is 0.661. The Morgan fingerprint density at radius 1 is 1.59 bits per heavy atom. The lowest BCUT2D eigenvalue weighted by molar-refractivity contribution is 0.0748. The van der Waals surface area contributed by atoms with E-state index in [1.165, 1.54) is 0 Å². The number of carbonyl (C=O) groups is 1. The minimum atomic E-state index is -0.00716. The number of hydrogen-bond acceptors (Lipinski definition) is 2. The Labute approximate surface area is 121 Å². The Bertz CT molecular complexity index is 436. The minimum Gasteiger partial charge on any atom is -0.393 e. The van der Waals surface area contributed by atoms with Crippen LogP contribution in [0.3, 0.4) is 0 Å². The summed E-state index contributed by atoms with van der Waals surface area (Å²) in [7, 11) is 1.77. The summed E-state index contributed by atoms with van der Waals surface area (Å²) in [5.74, 6) is -0.00716. The first kappa shape index (κ1) is 14.4. The molecule has 1 unspecified atom stereocenters. The van der Waals surface area contributed by atoms with Crippen molar-refractivity contribution in [1.82, 2.24) is 4.90 Å². The third kappa shape index (κ3) is 4.23. The van der Waals surface area contributed by atoms with Gasteiger partial charge in [-0.3, -0.25) is 4.79 Å². The van der Waals surface area contributed by atoms with Crippen molar-refractivity contribution >= 4 is 45.7 Å². The van der Waals surface area contributed by atoms with Crippen LogP contribution in [0.15, 0.2) is 24.3 Å². The molecule has 1 amide bonds.